The molecular formula is C5H7FO2. The molecule has 0 aromatic rings. The van der Waals surface area contributed by atoms with E-state index in [1.165, 1.54) is 0 Å². The van der Waals surface area contributed by atoms with E-state index in [1.807, 2.05) is 0 Å². The minimum absolute atomic E-state index is 0.176. The van der Waals surface area contributed by atoms with Crippen molar-refractivity contribution in [1.82, 2.24) is 0 Å². The Morgan fingerprint density at radius 1 is 1.88 bits per heavy atom. The fourth-order valence-corrected chi connectivity index (χ4v) is 0.198. The van der Waals surface area contributed by atoms with Gasteiger partial charge in [0, 0.05) is 6.08 Å². The fourth-order valence-electron chi connectivity index (χ4n) is 0.198. The topological polar surface area (TPSA) is 26.3 Å². The molecule has 0 aliphatic carbocycles. The second kappa shape index (κ2) is 4.30. The summed E-state index contributed by atoms with van der Waals surface area (Å²) in [5, 5.41) is 0. The van der Waals surface area contributed by atoms with Gasteiger partial charge in [0.15, 0.2) is 0 Å². The first-order chi connectivity index (χ1) is 3.81. The number of alkyl halides is 1. The highest BCUT2D eigenvalue weighted by Crippen LogP contribution is 1.77. The van der Waals surface area contributed by atoms with Crippen molar-refractivity contribution in [2.75, 3.05) is 13.3 Å². The number of hydrogen-bond donors (Lipinski definition) is 0. The third kappa shape index (κ3) is 3.33. The van der Waals surface area contributed by atoms with Crippen LogP contribution >= 0.6 is 0 Å². The minimum Gasteiger partial charge on any atom is -0.460 e. The normalized spacial score (nSPS) is 8.12. The van der Waals surface area contributed by atoms with Gasteiger partial charge in [0.25, 0.3) is 0 Å². The molecule has 0 spiro atoms. The predicted molar refractivity (Wildman–Crippen MR) is 27.1 cm³/mol. The van der Waals surface area contributed by atoms with E-state index in [0.717, 1.165) is 6.08 Å². The Bertz CT molecular complexity index is 90.4. The molecule has 0 saturated heterocycles. The van der Waals surface area contributed by atoms with Gasteiger partial charge in [-0.3, -0.25) is 0 Å². The molecule has 0 aromatic carbocycles. The van der Waals surface area contributed by atoms with Crippen molar-refractivity contribution in [2.24, 2.45) is 0 Å². The number of rotatable bonds is 3. The lowest BCUT2D eigenvalue weighted by Crippen LogP contribution is -2.02. The van der Waals surface area contributed by atoms with Crippen LogP contribution in [0.25, 0.3) is 0 Å². The van der Waals surface area contributed by atoms with Crippen molar-refractivity contribution in [3.63, 3.8) is 0 Å². The van der Waals surface area contributed by atoms with Crippen molar-refractivity contribution in [3.8, 4) is 0 Å². The molecule has 0 radical (unpaired) electrons. The molecule has 0 rings (SSSR count). The molecule has 0 N–H and O–H groups in total. The summed E-state index contributed by atoms with van der Waals surface area (Å²) in [7, 11) is 0. The van der Waals surface area contributed by atoms with Gasteiger partial charge in [-0.2, -0.15) is 0 Å². The smallest absolute Gasteiger partial charge is 0.330 e. The van der Waals surface area contributed by atoms with E-state index < -0.39 is 12.6 Å². The molecule has 3 heteroatoms. The number of ether oxygens (including phenoxy) is 1. The third-order valence-corrected chi connectivity index (χ3v) is 0.488. The molecule has 0 amide bonds. The summed E-state index contributed by atoms with van der Waals surface area (Å²) in [6, 6.07) is 0. The van der Waals surface area contributed by atoms with Gasteiger partial charge >= 0.3 is 5.97 Å². The molecule has 0 bridgehead atoms. The molecule has 0 fully saturated rings. The van der Waals surface area contributed by atoms with Crippen LogP contribution in [0, 0.1) is 0 Å². The van der Waals surface area contributed by atoms with E-state index in [9.17, 15) is 9.18 Å². The second-order valence-electron chi connectivity index (χ2n) is 1.06. The highest BCUT2D eigenvalue weighted by molar-refractivity contribution is 5.81. The van der Waals surface area contributed by atoms with Crippen LogP contribution in [0.4, 0.5) is 4.39 Å². The number of hydrogen-bond acceptors (Lipinski definition) is 2. The summed E-state index contributed by atoms with van der Waals surface area (Å²) in [5.74, 6) is -0.581. The van der Waals surface area contributed by atoms with Crippen molar-refractivity contribution in [1.29, 1.82) is 0 Å². The van der Waals surface area contributed by atoms with Crippen molar-refractivity contribution >= 4 is 5.97 Å². The lowest BCUT2D eigenvalue weighted by atomic mass is 10.6. The average Bonchev–Trinajstić information content (AvgIpc) is 1.83. The van der Waals surface area contributed by atoms with Crippen LogP contribution in [0.5, 0.6) is 0 Å². The predicted octanol–water partition coefficient (Wildman–Crippen LogP) is 0.685. The first kappa shape index (κ1) is 7.14. The zero-order valence-electron chi connectivity index (χ0n) is 4.39. The van der Waals surface area contributed by atoms with E-state index in [1.54, 1.807) is 0 Å². The Kier molecular flexibility index (Phi) is 3.84. The molecule has 2 nitrogen and oxygen atoms in total. The number of halogens is 1. The summed E-state index contributed by atoms with van der Waals surface area (Å²) < 4.78 is 15.4. The first-order valence-corrected chi connectivity index (χ1v) is 2.16. The highest BCUT2D eigenvalue weighted by Gasteiger charge is 1.90. The molecule has 0 heterocycles. The van der Waals surface area contributed by atoms with E-state index in [2.05, 4.69) is 11.3 Å². The maximum atomic E-state index is 11.2. The van der Waals surface area contributed by atoms with E-state index in [-0.39, 0.29) is 6.61 Å². The molecule has 8 heavy (non-hydrogen) atoms. The standard InChI is InChI=1S/C5H7FO2/c1-2-5(7)8-4-3-6/h2H,1,3-4H2. The van der Waals surface area contributed by atoms with Crippen LogP contribution in [0.2, 0.25) is 0 Å². The zero-order chi connectivity index (χ0) is 6.41. The van der Waals surface area contributed by atoms with Gasteiger partial charge < -0.3 is 4.74 Å². The van der Waals surface area contributed by atoms with Gasteiger partial charge in [0.05, 0.1) is 0 Å². The van der Waals surface area contributed by atoms with Crippen LogP contribution in [-0.4, -0.2) is 19.3 Å². The maximum absolute atomic E-state index is 11.2. The molecule has 0 aliphatic heterocycles. The van der Waals surface area contributed by atoms with Gasteiger partial charge in [0.2, 0.25) is 0 Å². The van der Waals surface area contributed by atoms with E-state index >= 15 is 0 Å². The summed E-state index contributed by atoms with van der Waals surface area (Å²) >= 11 is 0. The Morgan fingerprint density at radius 2 is 2.50 bits per heavy atom. The van der Waals surface area contributed by atoms with Crippen molar-refractivity contribution in [3.05, 3.63) is 12.7 Å². The van der Waals surface area contributed by atoms with Crippen molar-refractivity contribution in [2.45, 2.75) is 0 Å². The van der Waals surface area contributed by atoms with Gasteiger partial charge in [0.1, 0.15) is 13.3 Å². The quantitative estimate of drug-likeness (QED) is 0.402. The number of carbonyl (C=O) groups is 1. The molecular weight excluding hydrogens is 111 g/mol. The van der Waals surface area contributed by atoms with Crippen LogP contribution in [0.15, 0.2) is 12.7 Å². The zero-order valence-corrected chi connectivity index (χ0v) is 4.39. The van der Waals surface area contributed by atoms with Gasteiger partial charge in [-0.05, 0) is 0 Å². The summed E-state index contributed by atoms with van der Waals surface area (Å²) in [5.41, 5.74) is 0. The van der Waals surface area contributed by atoms with Crippen LogP contribution in [0.3, 0.4) is 0 Å². The van der Waals surface area contributed by atoms with Gasteiger partial charge in [-0.15, -0.1) is 0 Å². The number of esters is 1. The third-order valence-electron chi connectivity index (χ3n) is 0.488. The molecule has 0 atom stereocenters. The minimum atomic E-state index is -0.639. The monoisotopic (exact) mass is 118 g/mol. The lowest BCUT2D eigenvalue weighted by Gasteiger charge is -1.93. The van der Waals surface area contributed by atoms with Crippen LogP contribution in [0.1, 0.15) is 0 Å². The van der Waals surface area contributed by atoms with Crippen LogP contribution in [-0.2, 0) is 9.53 Å². The Balaban J connectivity index is 3.11. The van der Waals surface area contributed by atoms with Gasteiger partial charge in [-0.1, -0.05) is 6.58 Å². The lowest BCUT2D eigenvalue weighted by molar-refractivity contribution is -0.138. The molecule has 0 aliphatic rings. The Labute approximate surface area is 47.0 Å². The molecule has 0 saturated carbocycles. The largest absolute Gasteiger partial charge is 0.460 e. The van der Waals surface area contributed by atoms with Crippen LogP contribution < -0.4 is 0 Å². The Hall–Kier alpha value is -0.860. The summed E-state index contributed by atoms with van der Waals surface area (Å²) in [6.07, 6.45) is 0.996. The van der Waals surface area contributed by atoms with E-state index in [4.69, 9.17) is 0 Å². The Morgan fingerprint density at radius 3 is 2.88 bits per heavy atom. The highest BCUT2D eigenvalue weighted by atomic mass is 19.1. The SMILES string of the molecule is C=CC(=O)OCCF. The fraction of sp³-hybridized carbons (Fsp3) is 0.400. The molecule has 46 valence electrons. The maximum Gasteiger partial charge on any atom is 0.330 e. The first-order valence-electron chi connectivity index (χ1n) is 2.16. The molecule has 0 aromatic heterocycles. The average molecular weight is 118 g/mol. The molecule has 0 unspecified atom stereocenters. The summed E-state index contributed by atoms with van der Waals surface area (Å²) in [6.45, 7) is 2.30. The van der Waals surface area contributed by atoms with Gasteiger partial charge in [-0.25, -0.2) is 9.18 Å². The van der Waals surface area contributed by atoms with E-state index in [0.29, 0.717) is 0 Å². The summed E-state index contributed by atoms with van der Waals surface area (Å²) in [4.78, 5) is 10.1. The number of carbonyl (C=O) groups excluding carboxylic acids is 1. The van der Waals surface area contributed by atoms with Crippen molar-refractivity contribution < 1.29 is 13.9 Å². The second-order valence-corrected chi connectivity index (χ2v) is 1.06.